The maximum absolute atomic E-state index is 4.22. The first-order valence-electron chi connectivity index (χ1n) is 7.11. The van der Waals surface area contributed by atoms with Gasteiger partial charge in [0.05, 0.1) is 13.1 Å². The lowest BCUT2D eigenvalue weighted by molar-refractivity contribution is 0.733. The van der Waals surface area contributed by atoms with E-state index in [1.165, 1.54) is 5.69 Å². The fourth-order valence-electron chi connectivity index (χ4n) is 2.25. The van der Waals surface area contributed by atoms with Gasteiger partial charge in [0.25, 0.3) is 0 Å². The van der Waals surface area contributed by atoms with Crippen LogP contribution in [-0.4, -0.2) is 32.2 Å². The van der Waals surface area contributed by atoms with E-state index in [4.69, 9.17) is 0 Å². The second-order valence-corrected chi connectivity index (χ2v) is 4.93. The molecule has 0 bridgehead atoms. The van der Waals surface area contributed by atoms with E-state index in [0.29, 0.717) is 13.1 Å². The molecule has 2 N–H and O–H groups in total. The molecule has 0 amide bonds. The number of nitrogens with one attached hydrogen (secondary N) is 2. The molecule has 0 radical (unpaired) electrons. The Labute approximate surface area is 151 Å². The summed E-state index contributed by atoms with van der Waals surface area (Å²) in [6.07, 6.45) is 3.97. The Kier molecular flexibility index (Phi) is 5.97. The van der Waals surface area contributed by atoms with E-state index < -0.39 is 0 Å². The van der Waals surface area contributed by atoms with Crippen LogP contribution in [0.3, 0.4) is 0 Å². The van der Waals surface area contributed by atoms with Gasteiger partial charge >= 0.3 is 0 Å². The largest absolute Gasteiger partial charge is 0.353 e. The highest BCUT2D eigenvalue weighted by molar-refractivity contribution is 14.0. The van der Waals surface area contributed by atoms with Crippen molar-refractivity contribution in [3.8, 4) is 0 Å². The summed E-state index contributed by atoms with van der Waals surface area (Å²) in [6.45, 7) is 1.27. The highest BCUT2D eigenvalue weighted by Crippen LogP contribution is 2.02. The van der Waals surface area contributed by atoms with Crippen molar-refractivity contribution in [3.63, 3.8) is 0 Å². The molecule has 3 aromatic rings. The Morgan fingerprint density at radius 1 is 1.09 bits per heavy atom. The summed E-state index contributed by atoms with van der Waals surface area (Å²) in [5.41, 5.74) is 2.03. The summed E-state index contributed by atoms with van der Waals surface area (Å²) in [6, 6.07) is 9.94. The van der Waals surface area contributed by atoms with Crippen LogP contribution in [-0.2, 0) is 20.1 Å². The zero-order valence-electron chi connectivity index (χ0n) is 13.1. The number of aryl methyl sites for hydroxylation is 1. The number of pyridine rings is 1. The van der Waals surface area contributed by atoms with Crippen molar-refractivity contribution < 1.29 is 0 Å². The van der Waals surface area contributed by atoms with Gasteiger partial charge in [0.2, 0.25) is 0 Å². The molecule has 3 rings (SSSR count). The van der Waals surface area contributed by atoms with Crippen LogP contribution in [0.5, 0.6) is 0 Å². The standard InChI is InChI=1S/C15H19N7.HI/c1-16-15(17-10-12-6-5-8-21(12)2)18-11-14-20-19-13-7-3-4-9-22(13)14;/h3-9H,10-11H2,1-2H3,(H2,16,17,18);1H. The quantitative estimate of drug-likeness (QED) is 0.378. The lowest BCUT2D eigenvalue weighted by atomic mass is 10.4. The molecule has 0 saturated carbocycles. The van der Waals surface area contributed by atoms with Crippen molar-refractivity contribution in [1.29, 1.82) is 0 Å². The first-order valence-corrected chi connectivity index (χ1v) is 7.11. The van der Waals surface area contributed by atoms with Crippen LogP contribution in [0, 0.1) is 0 Å². The molecular weight excluding hydrogens is 405 g/mol. The summed E-state index contributed by atoms with van der Waals surface area (Å²) >= 11 is 0. The molecular formula is C15H20IN7. The zero-order chi connectivity index (χ0) is 15.4. The molecule has 0 spiro atoms. The topological polar surface area (TPSA) is 71.5 Å². The third-order valence-corrected chi connectivity index (χ3v) is 3.51. The van der Waals surface area contributed by atoms with E-state index in [-0.39, 0.29) is 24.0 Å². The van der Waals surface area contributed by atoms with Crippen molar-refractivity contribution in [2.45, 2.75) is 13.1 Å². The highest BCUT2D eigenvalue weighted by Gasteiger charge is 2.06. The lowest BCUT2D eigenvalue weighted by Crippen LogP contribution is -2.37. The highest BCUT2D eigenvalue weighted by atomic mass is 127. The van der Waals surface area contributed by atoms with E-state index in [9.17, 15) is 0 Å². The smallest absolute Gasteiger partial charge is 0.191 e. The predicted octanol–water partition coefficient (Wildman–Crippen LogP) is 1.55. The SMILES string of the molecule is CN=C(NCc1cccn1C)NCc1nnc2ccccn12.I. The Bertz CT molecular complexity index is 790. The Balaban J connectivity index is 0.00000192. The second-order valence-electron chi connectivity index (χ2n) is 4.93. The van der Waals surface area contributed by atoms with Gasteiger partial charge in [0.15, 0.2) is 17.4 Å². The lowest BCUT2D eigenvalue weighted by Gasteiger charge is -2.11. The molecule has 122 valence electrons. The molecule has 0 aliphatic heterocycles. The first-order chi connectivity index (χ1) is 10.8. The molecule has 3 aromatic heterocycles. The minimum absolute atomic E-state index is 0. The molecule has 0 aliphatic rings. The fourth-order valence-corrected chi connectivity index (χ4v) is 2.25. The molecule has 7 nitrogen and oxygen atoms in total. The van der Waals surface area contributed by atoms with Crippen LogP contribution in [0.15, 0.2) is 47.7 Å². The molecule has 0 fully saturated rings. The van der Waals surface area contributed by atoms with E-state index in [1.54, 1.807) is 7.05 Å². The number of nitrogens with zero attached hydrogens (tertiary/aromatic N) is 5. The summed E-state index contributed by atoms with van der Waals surface area (Å²) in [4.78, 5) is 4.22. The van der Waals surface area contributed by atoms with Crippen molar-refractivity contribution in [2.75, 3.05) is 7.05 Å². The van der Waals surface area contributed by atoms with Crippen molar-refractivity contribution >= 4 is 35.6 Å². The molecule has 0 aromatic carbocycles. The summed E-state index contributed by atoms with van der Waals surface area (Å²) in [7, 11) is 3.78. The van der Waals surface area contributed by atoms with Crippen LogP contribution in [0.4, 0.5) is 0 Å². The maximum atomic E-state index is 4.22. The molecule has 23 heavy (non-hydrogen) atoms. The number of rotatable bonds is 4. The van der Waals surface area contributed by atoms with Gasteiger partial charge < -0.3 is 15.2 Å². The van der Waals surface area contributed by atoms with Crippen molar-refractivity contribution in [1.82, 2.24) is 29.8 Å². The van der Waals surface area contributed by atoms with Gasteiger partial charge in [-0.05, 0) is 24.3 Å². The third kappa shape index (κ3) is 4.01. The van der Waals surface area contributed by atoms with Crippen LogP contribution < -0.4 is 10.6 Å². The third-order valence-electron chi connectivity index (χ3n) is 3.51. The average molecular weight is 425 g/mol. The van der Waals surface area contributed by atoms with Crippen molar-refractivity contribution in [3.05, 3.63) is 54.2 Å². The summed E-state index contributed by atoms with van der Waals surface area (Å²) < 4.78 is 4.03. The number of hydrogen-bond donors (Lipinski definition) is 2. The molecule has 0 atom stereocenters. The van der Waals surface area contributed by atoms with Crippen LogP contribution in [0.1, 0.15) is 11.5 Å². The monoisotopic (exact) mass is 425 g/mol. The minimum atomic E-state index is 0. The van der Waals surface area contributed by atoms with E-state index >= 15 is 0 Å². The Morgan fingerprint density at radius 2 is 1.91 bits per heavy atom. The molecule has 0 unspecified atom stereocenters. The average Bonchev–Trinajstić information content (AvgIpc) is 3.14. The van der Waals surface area contributed by atoms with Gasteiger partial charge in [-0.2, -0.15) is 0 Å². The van der Waals surface area contributed by atoms with Crippen LogP contribution in [0.2, 0.25) is 0 Å². The van der Waals surface area contributed by atoms with Gasteiger partial charge in [-0.3, -0.25) is 9.39 Å². The van der Waals surface area contributed by atoms with Gasteiger partial charge in [-0.1, -0.05) is 6.07 Å². The zero-order valence-corrected chi connectivity index (χ0v) is 15.4. The maximum Gasteiger partial charge on any atom is 0.191 e. The normalized spacial score (nSPS) is 11.3. The Hall–Kier alpha value is -2.10. The number of hydrogen-bond acceptors (Lipinski definition) is 3. The summed E-state index contributed by atoms with van der Waals surface area (Å²) in [5.74, 6) is 1.58. The minimum Gasteiger partial charge on any atom is -0.353 e. The van der Waals surface area contributed by atoms with E-state index in [0.717, 1.165) is 17.4 Å². The fraction of sp³-hybridized carbons (Fsp3) is 0.267. The molecule has 0 aliphatic carbocycles. The van der Waals surface area contributed by atoms with E-state index in [2.05, 4.69) is 36.5 Å². The van der Waals surface area contributed by atoms with Crippen molar-refractivity contribution in [2.24, 2.45) is 12.0 Å². The predicted molar refractivity (Wildman–Crippen MR) is 101 cm³/mol. The number of halogens is 1. The number of aromatic nitrogens is 4. The Morgan fingerprint density at radius 3 is 2.65 bits per heavy atom. The molecule has 0 saturated heterocycles. The van der Waals surface area contributed by atoms with Gasteiger partial charge in [0.1, 0.15) is 0 Å². The molecule has 3 heterocycles. The number of fused-ring (bicyclic) bond motifs is 1. The van der Waals surface area contributed by atoms with Crippen LogP contribution >= 0.6 is 24.0 Å². The summed E-state index contributed by atoms with van der Waals surface area (Å²) in [5, 5.41) is 14.9. The van der Waals surface area contributed by atoms with Gasteiger partial charge in [-0.25, -0.2) is 0 Å². The number of guanidine groups is 1. The first kappa shape index (κ1) is 17.3. The van der Waals surface area contributed by atoms with Gasteiger partial charge in [-0.15, -0.1) is 34.2 Å². The number of aliphatic imine (C=N–C) groups is 1. The molecule has 8 heteroatoms. The second kappa shape index (κ2) is 7.95. The van der Waals surface area contributed by atoms with E-state index in [1.807, 2.05) is 48.1 Å². The van der Waals surface area contributed by atoms with Gasteiger partial charge in [0, 0.05) is 32.2 Å². The van der Waals surface area contributed by atoms with Crippen LogP contribution in [0.25, 0.3) is 5.65 Å².